The van der Waals surface area contributed by atoms with Crippen molar-refractivity contribution in [3.8, 4) is 0 Å². The molecule has 1 saturated heterocycles. The number of likely N-dealkylation sites (tertiary alicyclic amines) is 1. The van der Waals surface area contributed by atoms with E-state index in [0.29, 0.717) is 13.1 Å². The van der Waals surface area contributed by atoms with Gasteiger partial charge in [-0.2, -0.15) is 0 Å². The molecule has 0 spiro atoms. The van der Waals surface area contributed by atoms with Gasteiger partial charge < -0.3 is 10.2 Å². The second-order valence-electron chi connectivity index (χ2n) is 5.91. The maximum atomic E-state index is 12.4. The van der Waals surface area contributed by atoms with Crippen LogP contribution < -0.4 is 5.32 Å². The van der Waals surface area contributed by atoms with Gasteiger partial charge in [-0.3, -0.25) is 14.5 Å². The van der Waals surface area contributed by atoms with Crippen molar-refractivity contribution >= 4 is 23.2 Å². The number of aryl methyl sites for hydroxylation is 1. The number of piperidine rings is 1. The Balaban J connectivity index is 1.83. The predicted molar refractivity (Wildman–Crippen MR) is 86.6 cm³/mol. The average Bonchev–Trinajstić information content (AvgIpc) is 2.83. The van der Waals surface area contributed by atoms with Crippen molar-refractivity contribution < 1.29 is 9.59 Å². The Morgan fingerprint density at radius 2 is 2.32 bits per heavy atom. The summed E-state index contributed by atoms with van der Waals surface area (Å²) in [5.41, 5.74) is 2.87. The molecule has 1 aromatic heterocycles. The van der Waals surface area contributed by atoms with E-state index in [-0.39, 0.29) is 17.9 Å². The summed E-state index contributed by atoms with van der Waals surface area (Å²) in [5.74, 6) is 0.0943. The molecule has 22 heavy (non-hydrogen) atoms. The van der Waals surface area contributed by atoms with Crippen LogP contribution in [0.4, 0.5) is 0 Å². The minimum absolute atomic E-state index is 0.0305. The van der Waals surface area contributed by atoms with Gasteiger partial charge in [0.2, 0.25) is 11.8 Å². The minimum atomic E-state index is -0.0305. The van der Waals surface area contributed by atoms with Crippen LogP contribution in [0.25, 0.3) is 0 Å². The van der Waals surface area contributed by atoms with E-state index < -0.39 is 0 Å². The summed E-state index contributed by atoms with van der Waals surface area (Å²) in [5, 5.41) is 2.91. The van der Waals surface area contributed by atoms with Crippen LogP contribution in [-0.4, -0.2) is 59.3 Å². The fraction of sp³-hybridized carbons (Fsp3) is 0.667. The highest BCUT2D eigenvalue weighted by Gasteiger charge is 2.24. The van der Waals surface area contributed by atoms with Gasteiger partial charge >= 0.3 is 0 Å². The topological polar surface area (TPSA) is 65.5 Å². The molecule has 7 heteroatoms. The molecule has 0 radical (unpaired) electrons. The number of aromatic nitrogens is 1. The number of rotatable bonds is 5. The quantitative estimate of drug-likeness (QED) is 0.878. The first kappa shape index (κ1) is 16.9. The molecule has 0 bridgehead atoms. The van der Waals surface area contributed by atoms with Crippen LogP contribution in [0, 0.1) is 6.92 Å². The van der Waals surface area contributed by atoms with Gasteiger partial charge in [0.05, 0.1) is 17.7 Å². The molecule has 1 aromatic rings. The van der Waals surface area contributed by atoms with Crippen LogP contribution in [-0.2, 0) is 16.1 Å². The average molecular weight is 324 g/mol. The lowest BCUT2D eigenvalue weighted by Crippen LogP contribution is -2.51. The predicted octanol–water partition coefficient (Wildman–Crippen LogP) is 1.01. The van der Waals surface area contributed by atoms with Gasteiger partial charge in [0.1, 0.15) is 0 Å². The summed E-state index contributed by atoms with van der Waals surface area (Å²) in [4.78, 5) is 32.9. The first-order chi connectivity index (χ1) is 10.5. The van der Waals surface area contributed by atoms with E-state index in [1.54, 1.807) is 11.3 Å². The fourth-order valence-electron chi connectivity index (χ4n) is 2.72. The Kier molecular flexibility index (Phi) is 5.90. The smallest absolute Gasteiger partial charge is 0.236 e. The maximum absolute atomic E-state index is 12.4. The number of nitrogens with one attached hydrogen (secondary N) is 1. The van der Waals surface area contributed by atoms with Crippen molar-refractivity contribution in [1.82, 2.24) is 20.1 Å². The molecule has 1 aliphatic heterocycles. The summed E-state index contributed by atoms with van der Waals surface area (Å²) >= 11 is 1.62. The Labute approximate surface area is 135 Å². The van der Waals surface area contributed by atoms with Crippen LogP contribution in [0.3, 0.4) is 0 Å². The highest BCUT2D eigenvalue weighted by molar-refractivity contribution is 7.09. The molecule has 1 fully saturated rings. The number of carbonyl (C=O) groups is 2. The molecule has 0 unspecified atom stereocenters. The molecule has 2 heterocycles. The minimum Gasteiger partial charge on any atom is -0.352 e. The Bertz CT molecular complexity index is 531. The van der Waals surface area contributed by atoms with Crippen LogP contribution in [0.5, 0.6) is 0 Å². The summed E-state index contributed by atoms with van der Waals surface area (Å²) in [6, 6.07) is 0.0873. The van der Waals surface area contributed by atoms with E-state index in [2.05, 4.69) is 10.3 Å². The van der Waals surface area contributed by atoms with Crippen molar-refractivity contribution in [3.05, 3.63) is 16.1 Å². The van der Waals surface area contributed by atoms with Crippen LogP contribution in [0.2, 0.25) is 0 Å². The van der Waals surface area contributed by atoms with Gasteiger partial charge in [-0.05, 0) is 26.8 Å². The maximum Gasteiger partial charge on any atom is 0.236 e. The zero-order valence-corrected chi connectivity index (χ0v) is 14.3. The molecule has 1 N–H and O–H groups in total. The van der Waals surface area contributed by atoms with Gasteiger partial charge in [0, 0.05) is 37.5 Å². The van der Waals surface area contributed by atoms with Crippen LogP contribution >= 0.6 is 11.3 Å². The number of amides is 2. The normalized spacial score (nSPS) is 18.5. The van der Waals surface area contributed by atoms with Crippen molar-refractivity contribution in [2.24, 2.45) is 0 Å². The van der Waals surface area contributed by atoms with E-state index in [4.69, 9.17) is 0 Å². The van der Waals surface area contributed by atoms with Crippen molar-refractivity contribution in [2.75, 3.05) is 26.7 Å². The molecule has 6 nitrogen and oxygen atoms in total. The standard InChI is InChI=1S/C15H24N4O2S/c1-11-14(22-10-16-11)8-18(3)9-15(21)19-6-4-5-13(7-19)17-12(2)20/h10,13H,4-9H2,1-3H3,(H,17,20)/t13-/m0/s1. The zero-order valence-electron chi connectivity index (χ0n) is 13.5. The second-order valence-corrected chi connectivity index (χ2v) is 6.85. The number of thiazole rings is 1. The number of hydrogen-bond acceptors (Lipinski definition) is 5. The lowest BCUT2D eigenvalue weighted by molar-refractivity contribution is -0.134. The third-order valence-electron chi connectivity index (χ3n) is 3.85. The lowest BCUT2D eigenvalue weighted by atomic mass is 10.1. The van der Waals surface area contributed by atoms with Gasteiger partial charge in [-0.25, -0.2) is 4.98 Å². The third kappa shape index (κ3) is 4.78. The Morgan fingerprint density at radius 1 is 1.55 bits per heavy atom. The Hall–Kier alpha value is -1.47. The molecule has 2 rings (SSSR count). The molecule has 2 amide bonds. The van der Waals surface area contributed by atoms with Crippen molar-refractivity contribution in [3.63, 3.8) is 0 Å². The highest BCUT2D eigenvalue weighted by Crippen LogP contribution is 2.15. The molecule has 0 aliphatic carbocycles. The van der Waals surface area contributed by atoms with Crippen molar-refractivity contribution in [2.45, 2.75) is 39.3 Å². The highest BCUT2D eigenvalue weighted by atomic mass is 32.1. The molecule has 0 saturated carbocycles. The molecular weight excluding hydrogens is 300 g/mol. The van der Waals surface area contributed by atoms with Crippen molar-refractivity contribution in [1.29, 1.82) is 0 Å². The molecule has 1 atom stereocenters. The van der Waals surface area contributed by atoms with Gasteiger partial charge in [-0.1, -0.05) is 0 Å². The first-order valence-corrected chi connectivity index (χ1v) is 8.46. The largest absolute Gasteiger partial charge is 0.352 e. The van der Waals surface area contributed by atoms with E-state index in [1.165, 1.54) is 11.8 Å². The molecule has 122 valence electrons. The number of nitrogens with zero attached hydrogens (tertiary/aromatic N) is 3. The van der Waals surface area contributed by atoms with E-state index in [0.717, 1.165) is 31.6 Å². The zero-order chi connectivity index (χ0) is 16.1. The molecule has 1 aliphatic rings. The summed E-state index contributed by atoms with van der Waals surface area (Å²) in [6.07, 6.45) is 1.88. The fourth-order valence-corrected chi connectivity index (χ4v) is 3.58. The monoisotopic (exact) mass is 324 g/mol. The third-order valence-corrected chi connectivity index (χ3v) is 4.76. The summed E-state index contributed by atoms with van der Waals surface area (Å²) in [7, 11) is 1.95. The van der Waals surface area contributed by atoms with Gasteiger partial charge in [-0.15, -0.1) is 11.3 Å². The van der Waals surface area contributed by atoms with Gasteiger partial charge in [0.15, 0.2) is 0 Å². The lowest BCUT2D eigenvalue weighted by Gasteiger charge is -2.34. The van der Waals surface area contributed by atoms with Gasteiger partial charge in [0.25, 0.3) is 0 Å². The Morgan fingerprint density at radius 3 is 2.95 bits per heavy atom. The van der Waals surface area contributed by atoms with E-state index in [9.17, 15) is 9.59 Å². The number of carbonyl (C=O) groups excluding carboxylic acids is 2. The summed E-state index contributed by atoms with van der Waals surface area (Å²) in [6.45, 7) is 6.04. The van der Waals surface area contributed by atoms with Crippen LogP contribution in [0.1, 0.15) is 30.3 Å². The SMILES string of the molecule is CC(=O)N[C@H]1CCCN(C(=O)CN(C)Cc2scnc2C)C1. The number of hydrogen-bond donors (Lipinski definition) is 1. The van der Waals surface area contributed by atoms with E-state index in [1.807, 2.05) is 29.3 Å². The molecule has 0 aromatic carbocycles. The first-order valence-electron chi connectivity index (χ1n) is 7.58. The number of likely N-dealkylation sites (N-methyl/N-ethyl adjacent to an activating group) is 1. The van der Waals surface area contributed by atoms with E-state index >= 15 is 0 Å². The van der Waals surface area contributed by atoms with Crippen LogP contribution in [0.15, 0.2) is 5.51 Å². The second kappa shape index (κ2) is 7.69. The molecular formula is C15H24N4O2S. The summed E-state index contributed by atoms with van der Waals surface area (Å²) < 4.78 is 0.